The number of fused-ring (bicyclic) bond motifs is 4. The Kier molecular flexibility index (Phi) is 2.61. The molecule has 2 aliphatic heterocycles. The van der Waals surface area contributed by atoms with Crippen molar-refractivity contribution in [3.8, 4) is 0 Å². The Bertz CT molecular complexity index is 852. The zero-order valence-corrected chi connectivity index (χ0v) is 13.6. The van der Waals surface area contributed by atoms with Crippen molar-refractivity contribution in [3.05, 3.63) is 82.2 Å². The quantitative estimate of drug-likeness (QED) is 0.398. The molecule has 3 aromatic rings. The Balaban J connectivity index is 1.91. The molecule has 0 saturated heterocycles. The Morgan fingerprint density at radius 2 is 1.39 bits per heavy atom. The van der Waals surface area contributed by atoms with E-state index in [1.165, 1.54) is 44.4 Å². The fourth-order valence-corrected chi connectivity index (χ4v) is 4.63. The molecular weight excluding hydrogens is 277 g/mol. The number of nitrogens with zero attached hydrogens (tertiary/aromatic N) is 1. The van der Waals surface area contributed by atoms with Crippen LogP contribution in [0.4, 0.5) is 0 Å². The SMILES string of the molecule is Cc1cccc2c1B1c3c(cccc3Cc3nccc(C)c31)C2. The van der Waals surface area contributed by atoms with Crippen LogP contribution in [-0.2, 0) is 12.8 Å². The van der Waals surface area contributed by atoms with Gasteiger partial charge in [-0.2, -0.15) is 0 Å². The van der Waals surface area contributed by atoms with E-state index in [4.69, 9.17) is 4.98 Å². The van der Waals surface area contributed by atoms with E-state index >= 15 is 0 Å². The molecule has 1 nitrogen and oxygen atoms in total. The van der Waals surface area contributed by atoms with Gasteiger partial charge < -0.3 is 0 Å². The number of pyridine rings is 1. The molecule has 0 N–H and O–H groups in total. The highest BCUT2D eigenvalue weighted by molar-refractivity contribution is 6.97. The Morgan fingerprint density at radius 3 is 2.22 bits per heavy atom. The van der Waals surface area contributed by atoms with E-state index in [-0.39, 0.29) is 0 Å². The molecule has 0 radical (unpaired) electrons. The second kappa shape index (κ2) is 4.58. The topological polar surface area (TPSA) is 12.9 Å². The van der Waals surface area contributed by atoms with Gasteiger partial charge in [-0.3, -0.25) is 4.98 Å². The molecule has 2 aromatic carbocycles. The zero-order chi connectivity index (χ0) is 15.6. The van der Waals surface area contributed by atoms with Gasteiger partial charge in [-0.15, -0.1) is 0 Å². The minimum atomic E-state index is 0.364. The van der Waals surface area contributed by atoms with E-state index in [0.717, 1.165) is 12.8 Å². The molecule has 0 amide bonds. The third-order valence-electron chi connectivity index (χ3n) is 5.60. The van der Waals surface area contributed by atoms with Crippen molar-refractivity contribution in [2.45, 2.75) is 26.7 Å². The van der Waals surface area contributed by atoms with E-state index in [2.05, 4.69) is 56.3 Å². The predicted molar refractivity (Wildman–Crippen MR) is 96.9 cm³/mol. The molecule has 2 aliphatic rings. The standard InChI is InChI=1S/C21H18BN/c1-13-5-3-6-15-11-16-7-4-8-17-12-18-20(14(2)9-10-23-18)22(19(13)15)21(16)17/h3-10H,11-12H2,1-2H3. The lowest BCUT2D eigenvalue weighted by Crippen LogP contribution is -2.62. The van der Waals surface area contributed by atoms with Crippen molar-refractivity contribution in [1.29, 1.82) is 0 Å². The first kappa shape index (κ1) is 13.1. The summed E-state index contributed by atoms with van der Waals surface area (Å²) in [6.07, 6.45) is 3.99. The molecule has 2 heteroatoms. The molecule has 3 heterocycles. The van der Waals surface area contributed by atoms with Gasteiger partial charge in [0.15, 0.2) is 0 Å². The predicted octanol–water partition coefficient (Wildman–Crippen LogP) is 2.02. The second-order valence-corrected chi connectivity index (χ2v) is 6.91. The highest BCUT2D eigenvalue weighted by Crippen LogP contribution is 2.23. The normalized spacial score (nSPS) is 14.1. The van der Waals surface area contributed by atoms with Crippen LogP contribution in [0.1, 0.15) is 33.5 Å². The molecule has 0 spiro atoms. The highest BCUT2D eigenvalue weighted by Gasteiger charge is 2.38. The van der Waals surface area contributed by atoms with Crippen molar-refractivity contribution in [1.82, 2.24) is 4.98 Å². The lowest BCUT2D eigenvalue weighted by Gasteiger charge is -2.35. The van der Waals surface area contributed by atoms with Gasteiger partial charge in [0.05, 0.1) is 0 Å². The molecule has 23 heavy (non-hydrogen) atoms. The first-order valence-electron chi connectivity index (χ1n) is 8.37. The molecular formula is C21H18BN. The van der Waals surface area contributed by atoms with Crippen molar-refractivity contribution >= 4 is 23.1 Å². The lowest BCUT2D eigenvalue weighted by molar-refractivity contribution is 1.06. The van der Waals surface area contributed by atoms with E-state index < -0.39 is 0 Å². The fourth-order valence-electron chi connectivity index (χ4n) is 4.63. The number of aromatic nitrogens is 1. The van der Waals surface area contributed by atoms with Crippen LogP contribution in [0, 0.1) is 13.8 Å². The fraction of sp³-hybridized carbons (Fsp3) is 0.190. The van der Waals surface area contributed by atoms with Gasteiger partial charge in [-0.25, -0.2) is 0 Å². The summed E-state index contributed by atoms with van der Waals surface area (Å²) in [6, 6.07) is 15.7. The zero-order valence-electron chi connectivity index (χ0n) is 13.6. The Hall–Kier alpha value is -2.35. The third-order valence-corrected chi connectivity index (χ3v) is 5.60. The van der Waals surface area contributed by atoms with Gasteiger partial charge >= 0.3 is 0 Å². The molecule has 0 saturated carbocycles. The van der Waals surface area contributed by atoms with Crippen molar-refractivity contribution in [2.24, 2.45) is 0 Å². The summed E-state index contributed by atoms with van der Waals surface area (Å²) in [6.45, 7) is 4.86. The molecule has 110 valence electrons. The van der Waals surface area contributed by atoms with Crippen LogP contribution >= 0.6 is 0 Å². The summed E-state index contributed by atoms with van der Waals surface area (Å²) in [5, 5.41) is 0. The second-order valence-electron chi connectivity index (χ2n) is 6.91. The molecule has 0 bridgehead atoms. The van der Waals surface area contributed by atoms with Crippen molar-refractivity contribution in [3.63, 3.8) is 0 Å². The molecule has 5 rings (SSSR count). The molecule has 0 fully saturated rings. The lowest BCUT2D eigenvalue weighted by atomic mass is 9.30. The highest BCUT2D eigenvalue weighted by atomic mass is 14.7. The molecule has 1 aromatic heterocycles. The molecule has 0 aliphatic carbocycles. The van der Waals surface area contributed by atoms with Crippen LogP contribution in [0.2, 0.25) is 0 Å². The Labute approximate surface area is 137 Å². The maximum Gasteiger partial charge on any atom is 0.245 e. The van der Waals surface area contributed by atoms with Gasteiger partial charge in [-0.05, 0) is 48.5 Å². The average Bonchev–Trinajstić information content (AvgIpc) is 2.55. The van der Waals surface area contributed by atoms with Crippen LogP contribution in [0.3, 0.4) is 0 Å². The summed E-state index contributed by atoms with van der Waals surface area (Å²) in [4.78, 5) is 4.73. The maximum atomic E-state index is 4.73. The largest absolute Gasteiger partial charge is 0.261 e. The minimum absolute atomic E-state index is 0.364. The van der Waals surface area contributed by atoms with E-state index in [9.17, 15) is 0 Å². The first-order chi connectivity index (χ1) is 11.2. The van der Waals surface area contributed by atoms with Gasteiger partial charge in [0.2, 0.25) is 6.71 Å². The summed E-state index contributed by atoms with van der Waals surface area (Å²) in [5.41, 5.74) is 13.0. The van der Waals surface area contributed by atoms with Crippen LogP contribution < -0.4 is 16.4 Å². The molecule has 0 unspecified atom stereocenters. The summed E-state index contributed by atoms with van der Waals surface area (Å²) in [5.74, 6) is 0. The third kappa shape index (κ3) is 1.72. The van der Waals surface area contributed by atoms with Crippen molar-refractivity contribution < 1.29 is 0 Å². The number of aryl methyl sites for hydroxylation is 2. The van der Waals surface area contributed by atoms with Crippen LogP contribution in [0.15, 0.2) is 48.7 Å². The number of hydrogen-bond acceptors (Lipinski definition) is 1. The number of rotatable bonds is 0. The van der Waals surface area contributed by atoms with E-state index in [0.29, 0.717) is 6.71 Å². The van der Waals surface area contributed by atoms with Crippen LogP contribution in [0.5, 0.6) is 0 Å². The monoisotopic (exact) mass is 295 g/mol. The summed E-state index contributed by atoms with van der Waals surface area (Å²) in [7, 11) is 0. The summed E-state index contributed by atoms with van der Waals surface area (Å²) < 4.78 is 0. The number of benzene rings is 2. The first-order valence-corrected chi connectivity index (χ1v) is 8.37. The smallest absolute Gasteiger partial charge is 0.245 e. The minimum Gasteiger partial charge on any atom is -0.261 e. The maximum absolute atomic E-state index is 4.73. The van der Waals surface area contributed by atoms with Gasteiger partial charge in [0.1, 0.15) is 0 Å². The number of hydrogen-bond donors (Lipinski definition) is 0. The average molecular weight is 295 g/mol. The van der Waals surface area contributed by atoms with Gasteiger partial charge in [0, 0.05) is 18.3 Å². The van der Waals surface area contributed by atoms with E-state index in [1.54, 1.807) is 5.46 Å². The van der Waals surface area contributed by atoms with Crippen LogP contribution in [-0.4, -0.2) is 11.7 Å². The van der Waals surface area contributed by atoms with Gasteiger partial charge in [0.25, 0.3) is 0 Å². The van der Waals surface area contributed by atoms with E-state index in [1.807, 2.05) is 6.20 Å². The molecule has 0 atom stereocenters. The van der Waals surface area contributed by atoms with Crippen LogP contribution in [0.25, 0.3) is 0 Å². The van der Waals surface area contributed by atoms with Crippen molar-refractivity contribution in [2.75, 3.05) is 0 Å². The summed E-state index contributed by atoms with van der Waals surface area (Å²) >= 11 is 0. The van der Waals surface area contributed by atoms with Gasteiger partial charge in [-0.1, -0.05) is 58.5 Å². The Morgan fingerprint density at radius 1 is 0.739 bits per heavy atom.